The van der Waals surface area contributed by atoms with Crippen LogP contribution < -0.4 is 0 Å². The number of carbonyl (C=O) groups is 1. The molecule has 122 heavy (non-hydrogen) atoms. The Hall–Kier alpha value is -2.63. The quantitative estimate of drug-likeness (QED) is 0.0206. The summed E-state index contributed by atoms with van der Waals surface area (Å²) in [5.41, 5.74) is -3.87. The minimum Gasteiger partial charge on any atom is -0.432 e. The number of esters is 1. The molecule has 13 rings (SSSR count). The standard InChI is InChI=1S/C74H120O48/c1-22-11-73-9-5-32-71(2,33(73)6-10-74(22,21-73)122-69-60(120-65-53(102)47(96)38(87)27(16-79)110-65)57(42(91)30(19-82)113-69)117-63-51(100)45(94)36(85)25(14-77)108-63)7-4-8-72(32,3)70(104)121-68-59(56(41(90)29(18-81)112-68)116-62-50(99)44(93)35(84)24(13-76)107-62)119-66-54(103)48(97)39(88)31(114-66)20-105-67-58(118-64-52(101)46(95)37(86)26(15-78)109-64)55(40(89)28(17-80)111-67)115-61-49(98)43(92)34(83)23(12-75)106-61/h23-69,75-103H,1,4-21H2,2-3H3/t23?,24?,25?,26?,27?,28?,29?,30?,31?,32-,33-,34?,35?,36?,37?,38?,39?,40?,41?,42?,43?,44?,45?,46?,47?,48?,49?,50?,51?,52?,53?,54?,55?,56?,57?,58?,59?,60?,61?,62?,63?,64?,65?,66?,67?,68?,69?,71+,72+,73+,74?/m0/s1. The second-order valence-corrected chi connectivity index (χ2v) is 34.9. The smallest absolute Gasteiger partial charge is 0.314 e. The second-order valence-electron chi connectivity index (χ2n) is 34.9. The van der Waals surface area contributed by atoms with Gasteiger partial charge < -0.3 is 233 Å². The third kappa shape index (κ3) is 17.9. The highest BCUT2D eigenvalue weighted by molar-refractivity contribution is 5.77. The fourth-order valence-corrected chi connectivity index (χ4v) is 20.8. The third-order valence-corrected chi connectivity index (χ3v) is 27.6. The Morgan fingerprint density at radius 1 is 0.328 bits per heavy atom. The number of aliphatic hydroxyl groups is 29. The first kappa shape index (κ1) is 96.9. The summed E-state index contributed by atoms with van der Waals surface area (Å²) in [6, 6.07) is 0. The fraction of sp³-hybridized carbons (Fsp3) is 0.959. The SMILES string of the molecule is C=C1C[C@@]23CC[C@H]4[C@@](C)(CCC[C@@]4(C)C(=O)OC4OC(CO)C(O)C(OC5OC(CO)C(O)C(O)C5O)C4OC4OC(COC5OC(CO)C(O)C(OC6OC(CO)C(O)C(O)C6O)C5OC5OC(CO)C(O)C(O)C5O)C(O)C(O)C4O)[C@@H]2CCC1(OC1OC(CO)C(O)C(OC2OC(CO)C(O)C(O)C2O)C1OC1OC(CO)C(O)C(O)C1O)C3. The number of rotatable bonds is 27. The van der Waals surface area contributed by atoms with Crippen LogP contribution in [0.5, 0.6) is 0 Å². The van der Waals surface area contributed by atoms with Gasteiger partial charge in [-0.15, -0.1) is 0 Å². The Morgan fingerprint density at radius 2 is 0.615 bits per heavy atom. The van der Waals surface area contributed by atoms with E-state index in [1.54, 1.807) is 6.92 Å². The van der Waals surface area contributed by atoms with Crippen molar-refractivity contribution < 1.29 is 238 Å². The van der Waals surface area contributed by atoms with Crippen LogP contribution in [-0.2, 0) is 90.1 Å². The average molecular weight is 1780 g/mol. The summed E-state index contributed by atoms with van der Waals surface area (Å²) in [6.07, 6.45) is -88.3. The maximum absolute atomic E-state index is 15.9. The van der Waals surface area contributed by atoms with Crippen LogP contribution in [0.4, 0.5) is 0 Å². The molecule has 2 bridgehead atoms. The highest BCUT2D eigenvalue weighted by Crippen LogP contribution is 2.74. The van der Waals surface area contributed by atoms with E-state index in [4.69, 9.17) is 85.3 Å². The molecular formula is C74H120O48. The lowest BCUT2D eigenvalue weighted by Crippen LogP contribution is -2.68. The molecule has 4 aliphatic carbocycles. The molecule has 704 valence electrons. The van der Waals surface area contributed by atoms with Gasteiger partial charge >= 0.3 is 5.97 Å². The summed E-state index contributed by atoms with van der Waals surface area (Å²) < 4.78 is 109. The monoisotopic (exact) mass is 1780 g/mol. The van der Waals surface area contributed by atoms with Crippen LogP contribution in [0.1, 0.15) is 71.6 Å². The first-order valence-electron chi connectivity index (χ1n) is 41.0. The lowest BCUT2D eigenvalue weighted by atomic mass is 9.41. The molecule has 1 spiro atoms. The molecule has 0 aromatic rings. The molecule has 9 heterocycles. The van der Waals surface area contributed by atoms with Crippen LogP contribution in [-0.4, -0.2) is 495 Å². The van der Waals surface area contributed by atoms with E-state index in [-0.39, 0.29) is 31.6 Å². The van der Waals surface area contributed by atoms with Gasteiger partial charge in [-0.05, 0) is 86.5 Å². The molecule has 51 atom stereocenters. The summed E-state index contributed by atoms with van der Waals surface area (Å²) >= 11 is 0. The molecule has 0 radical (unpaired) electrons. The maximum atomic E-state index is 15.9. The van der Waals surface area contributed by atoms with Crippen LogP contribution in [0.25, 0.3) is 0 Å². The van der Waals surface area contributed by atoms with Crippen molar-refractivity contribution in [2.24, 2.45) is 28.1 Å². The number of fused-ring (bicyclic) bond motifs is 3. The van der Waals surface area contributed by atoms with E-state index in [1.165, 1.54) is 0 Å². The number of hydrogen-bond acceptors (Lipinski definition) is 48. The number of aliphatic hydroxyl groups excluding tert-OH is 29. The van der Waals surface area contributed by atoms with Gasteiger partial charge in [0.05, 0.1) is 70.5 Å². The van der Waals surface area contributed by atoms with Crippen LogP contribution in [0.3, 0.4) is 0 Å². The first-order valence-corrected chi connectivity index (χ1v) is 41.0. The molecular weight excluding hydrogens is 1660 g/mol. The zero-order chi connectivity index (χ0) is 88.7. The highest BCUT2D eigenvalue weighted by atomic mass is 16.8. The van der Waals surface area contributed by atoms with Crippen molar-refractivity contribution >= 4 is 5.97 Å². The second kappa shape index (κ2) is 39.0. The number of carbonyl (C=O) groups excluding carboxylic acids is 1. The van der Waals surface area contributed by atoms with Crippen molar-refractivity contribution in [2.75, 3.05) is 59.5 Å². The lowest BCUT2D eigenvalue weighted by molar-refractivity contribution is -0.400. The fourth-order valence-electron chi connectivity index (χ4n) is 20.8. The summed E-state index contributed by atoms with van der Waals surface area (Å²) in [4.78, 5) is 15.9. The van der Waals surface area contributed by atoms with Crippen molar-refractivity contribution in [3.05, 3.63) is 12.2 Å². The van der Waals surface area contributed by atoms with Crippen LogP contribution in [0.2, 0.25) is 0 Å². The minimum absolute atomic E-state index is 0.133. The number of ether oxygens (including phenoxy) is 18. The molecule has 48 heteroatoms. The largest absolute Gasteiger partial charge is 0.432 e. The van der Waals surface area contributed by atoms with Gasteiger partial charge in [0.25, 0.3) is 0 Å². The van der Waals surface area contributed by atoms with Crippen molar-refractivity contribution in [3.63, 3.8) is 0 Å². The van der Waals surface area contributed by atoms with Gasteiger partial charge in [-0.3, -0.25) is 4.79 Å². The molecule has 9 saturated heterocycles. The lowest BCUT2D eigenvalue weighted by Gasteiger charge is -2.64. The normalized spacial score (nSPS) is 54.4. The van der Waals surface area contributed by atoms with Gasteiger partial charge in [-0.1, -0.05) is 19.9 Å². The zero-order valence-electron chi connectivity index (χ0n) is 66.3. The number of hydrogen-bond donors (Lipinski definition) is 29. The van der Waals surface area contributed by atoms with Crippen molar-refractivity contribution in [2.45, 2.75) is 354 Å². The predicted molar refractivity (Wildman–Crippen MR) is 382 cm³/mol. The molecule has 13 fully saturated rings. The van der Waals surface area contributed by atoms with Crippen LogP contribution in [0, 0.1) is 28.1 Å². The summed E-state index contributed by atoms with van der Waals surface area (Å²) in [7, 11) is 0. The van der Waals surface area contributed by atoms with Gasteiger partial charge in [0, 0.05) is 0 Å². The van der Waals surface area contributed by atoms with Gasteiger partial charge in [-0.25, -0.2) is 0 Å². The van der Waals surface area contributed by atoms with E-state index in [9.17, 15) is 148 Å². The molecule has 46 unspecified atom stereocenters. The molecule has 4 saturated carbocycles. The average Bonchev–Trinajstić information content (AvgIpc) is 1.48. The summed E-state index contributed by atoms with van der Waals surface area (Å²) in [5.74, 6) is -1.87. The Kier molecular flexibility index (Phi) is 31.0. The third-order valence-electron chi connectivity index (χ3n) is 27.6. The molecule has 0 aromatic heterocycles. The van der Waals surface area contributed by atoms with E-state index in [0.717, 1.165) is 0 Å². The zero-order valence-corrected chi connectivity index (χ0v) is 66.3. The van der Waals surface area contributed by atoms with Crippen LogP contribution in [0.15, 0.2) is 12.2 Å². The van der Waals surface area contributed by atoms with Gasteiger partial charge in [0.15, 0.2) is 56.4 Å². The molecule has 48 nitrogen and oxygen atoms in total. The van der Waals surface area contributed by atoms with E-state index < -0.39 is 370 Å². The van der Waals surface area contributed by atoms with E-state index in [0.29, 0.717) is 37.7 Å². The van der Waals surface area contributed by atoms with Crippen molar-refractivity contribution in [1.82, 2.24) is 0 Å². The Balaban J connectivity index is 0.775. The summed E-state index contributed by atoms with van der Waals surface area (Å²) in [6.45, 7) is -0.835. The van der Waals surface area contributed by atoms with E-state index >= 15 is 4.79 Å². The Bertz CT molecular complexity index is 3390. The maximum Gasteiger partial charge on any atom is 0.314 e. The highest BCUT2D eigenvalue weighted by Gasteiger charge is 2.71. The molecule has 0 amide bonds. The molecule has 13 aliphatic rings. The van der Waals surface area contributed by atoms with Crippen molar-refractivity contribution in [1.29, 1.82) is 0 Å². The first-order chi connectivity index (χ1) is 57.8. The van der Waals surface area contributed by atoms with Gasteiger partial charge in [0.2, 0.25) is 6.29 Å². The molecule has 9 aliphatic heterocycles. The van der Waals surface area contributed by atoms with Crippen molar-refractivity contribution in [3.8, 4) is 0 Å². The van der Waals surface area contributed by atoms with Gasteiger partial charge in [-0.2, -0.15) is 0 Å². The Morgan fingerprint density at radius 3 is 0.975 bits per heavy atom. The topological polar surface area (TPSA) is 770 Å². The van der Waals surface area contributed by atoms with Gasteiger partial charge in [0.1, 0.15) is 214 Å². The molecule has 29 N–H and O–H groups in total. The molecule has 0 aromatic carbocycles. The minimum atomic E-state index is -2.41. The van der Waals surface area contributed by atoms with Crippen LogP contribution >= 0.6 is 0 Å². The Labute approximate surface area is 695 Å². The van der Waals surface area contributed by atoms with E-state index in [1.807, 2.05) is 6.92 Å². The summed E-state index contributed by atoms with van der Waals surface area (Å²) in [5, 5.41) is 318. The van der Waals surface area contributed by atoms with E-state index in [2.05, 4.69) is 6.58 Å². The predicted octanol–water partition coefficient (Wildman–Crippen LogP) is -16.0.